The number of halogens is 2. The number of hydrogen-bond donors (Lipinski definition) is 2. The highest BCUT2D eigenvalue weighted by molar-refractivity contribution is 5.85. The first-order valence-corrected chi connectivity index (χ1v) is 4.31. The largest absolute Gasteiger partial charge is 0.479 e. The smallest absolute Gasteiger partial charge is 0.238 e. The zero-order valence-corrected chi connectivity index (χ0v) is 10.8. The molecule has 0 atom stereocenters. The Balaban J connectivity index is 0. The van der Waals surface area contributed by atoms with Crippen LogP contribution in [0.15, 0.2) is 12.1 Å². The fourth-order valence-corrected chi connectivity index (χ4v) is 1.08. The van der Waals surface area contributed by atoms with E-state index in [9.17, 15) is 0 Å². The Hall–Kier alpha value is -0.910. The molecular weight excluding hydrogens is 253 g/mol. The number of nitrogens with zero attached hydrogens (tertiary/aromatic N) is 2. The molecule has 5 nitrogen and oxygen atoms in total. The van der Waals surface area contributed by atoms with Crippen molar-refractivity contribution >= 4 is 36.3 Å². The summed E-state index contributed by atoms with van der Waals surface area (Å²) in [6.45, 7) is 0.616. The van der Waals surface area contributed by atoms with Crippen LogP contribution >= 0.6 is 24.8 Å². The van der Waals surface area contributed by atoms with Gasteiger partial charge in [-0.15, -0.1) is 24.8 Å². The highest BCUT2D eigenvalue weighted by atomic mass is 35.5. The third-order valence-corrected chi connectivity index (χ3v) is 1.89. The molecule has 0 aliphatic heterocycles. The first-order valence-electron chi connectivity index (χ1n) is 4.31. The van der Waals surface area contributed by atoms with Gasteiger partial charge in [0.15, 0.2) is 0 Å². The molecule has 0 fully saturated rings. The lowest BCUT2D eigenvalue weighted by molar-refractivity contribution is 0.303. The van der Waals surface area contributed by atoms with E-state index in [4.69, 9.17) is 15.6 Å². The van der Waals surface area contributed by atoms with Crippen molar-refractivity contribution < 1.29 is 9.84 Å². The van der Waals surface area contributed by atoms with E-state index in [1.54, 1.807) is 12.1 Å². The molecule has 0 spiro atoms. The second-order valence-corrected chi connectivity index (χ2v) is 2.91. The number of ether oxygens (including phenoxy) is 1. The summed E-state index contributed by atoms with van der Waals surface area (Å²) in [4.78, 5) is 6.00. The summed E-state index contributed by atoms with van der Waals surface area (Å²) in [5, 5.41) is 8.75. The standard InChI is InChI=1S/C9H15N3O2.2ClH/c1-12(5-6-13)8-4-3-7(10)9(11-8)14-2;;/h3-4,13H,5-6,10H2,1-2H3;2*1H. The number of nitrogen functional groups attached to an aromatic ring is 1. The number of hydrogen-bond acceptors (Lipinski definition) is 5. The molecule has 0 unspecified atom stereocenters. The number of rotatable bonds is 4. The SMILES string of the molecule is COc1nc(N(C)CCO)ccc1N.Cl.Cl. The highest BCUT2D eigenvalue weighted by Gasteiger charge is 2.05. The Morgan fingerprint density at radius 1 is 1.44 bits per heavy atom. The van der Waals surface area contributed by atoms with Gasteiger partial charge in [-0.3, -0.25) is 0 Å². The van der Waals surface area contributed by atoms with E-state index < -0.39 is 0 Å². The number of aromatic nitrogens is 1. The van der Waals surface area contributed by atoms with Crippen LogP contribution in [-0.4, -0.2) is 37.4 Å². The highest BCUT2D eigenvalue weighted by Crippen LogP contribution is 2.21. The predicted octanol–water partition coefficient (Wildman–Crippen LogP) is 0.944. The van der Waals surface area contributed by atoms with E-state index in [1.807, 2.05) is 11.9 Å². The van der Waals surface area contributed by atoms with Crippen LogP contribution in [0.1, 0.15) is 0 Å². The third-order valence-electron chi connectivity index (χ3n) is 1.89. The van der Waals surface area contributed by atoms with Gasteiger partial charge in [0, 0.05) is 13.6 Å². The molecule has 1 aromatic heterocycles. The van der Waals surface area contributed by atoms with Crippen molar-refractivity contribution in [3.63, 3.8) is 0 Å². The normalized spacial score (nSPS) is 8.69. The van der Waals surface area contributed by atoms with E-state index in [1.165, 1.54) is 7.11 Å². The van der Waals surface area contributed by atoms with Crippen LogP contribution in [-0.2, 0) is 0 Å². The topological polar surface area (TPSA) is 71.6 Å². The quantitative estimate of drug-likeness (QED) is 0.852. The summed E-state index contributed by atoms with van der Waals surface area (Å²) < 4.78 is 4.99. The number of aliphatic hydroxyl groups is 1. The molecule has 0 saturated heterocycles. The molecule has 0 amide bonds. The fourth-order valence-electron chi connectivity index (χ4n) is 1.08. The van der Waals surface area contributed by atoms with Gasteiger partial charge in [0.25, 0.3) is 0 Å². The average Bonchev–Trinajstić information content (AvgIpc) is 2.19. The molecule has 0 radical (unpaired) electrons. The van der Waals surface area contributed by atoms with Crippen LogP contribution in [0.25, 0.3) is 0 Å². The van der Waals surface area contributed by atoms with Crippen LogP contribution in [0.2, 0.25) is 0 Å². The minimum Gasteiger partial charge on any atom is -0.479 e. The van der Waals surface area contributed by atoms with Gasteiger partial charge in [0.05, 0.1) is 19.4 Å². The van der Waals surface area contributed by atoms with Gasteiger partial charge >= 0.3 is 0 Å². The number of pyridine rings is 1. The first-order chi connectivity index (χ1) is 6.69. The van der Waals surface area contributed by atoms with Crippen molar-refractivity contribution in [1.82, 2.24) is 4.98 Å². The van der Waals surface area contributed by atoms with Gasteiger partial charge in [0.1, 0.15) is 5.82 Å². The second kappa shape index (κ2) is 8.27. The van der Waals surface area contributed by atoms with Crippen molar-refractivity contribution in [3.8, 4) is 5.88 Å². The van der Waals surface area contributed by atoms with Gasteiger partial charge in [-0.25, -0.2) is 0 Å². The van der Waals surface area contributed by atoms with E-state index >= 15 is 0 Å². The van der Waals surface area contributed by atoms with E-state index in [-0.39, 0.29) is 31.4 Å². The zero-order chi connectivity index (χ0) is 10.6. The van der Waals surface area contributed by atoms with Crippen LogP contribution in [0, 0.1) is 0 Å². The monoisotopic (exact) mass is 269 g/mol. The predicted molar refractivity (Wildman–Crippen MR) is 70.1 cm³/mol. The molecule has 1 aromatic rings. The summed E-state index contributed by atoms with van der Waals surface area (Å²) >= 11 is 0. The number of nitrogens with two attached hydrogens (primary N) is 1. The summed E-state index contributed by atoms with van der Waals surface area (Å²) in [5.41, 5.74) is 6.13. The van der Waals surface area contributed by atoms with Crippen LogP contribution in [0.5, 0.6) is 5.88 Å². The zero-order valence-electron chi connectivity index (χ0n) is 9.21. The van der Waals surface area contributed by atoms with Gasteiger partial charge in [-0.1, -0.05) is 0 Å². The molecule has 1 heterocycles. The average molecular weight is 270 g/mol. The van der Waals surface area contributed by atoms with E-state index in [2.05, 4.69) is 4.98 Å². The number of likely N-dealkylation sites (N-methyl/N-ethyl adjacent to an activating group) is 1. The maximum Gasteiger partial charge on any atom is 0.238 e. The van der Waals surface area contributed by atoms with Crippen LogP contribution < -0.4 is 15.4 Å². The van der Waals surface area contributed by atoms with E-state index in [0.717, 1.165) is 5.82 Å². The molecule has 0 saturated carbocycles. The van der Waals surface area contributed by atoms with Gasteiger partial charge in [-0.05, 0) is 12.1 Å². The summed E-state index contributed by atoms with van der Waals surface area (Å²) in [6.07, 6.45) is 0. The van der Waals surface area contributed by atoms with Crippen molar-refractivity contribution in [2.75, 3.05) is 37.9 Å². The molecule has 3 N–H and O–H groups in total. The van der Waals surface area contributed by atoms with Crippen molar-refractivity contribution in [3.05, 3.63) is 12.1 Å². The summed E-state index contributed by atoms with van der Waals surface area (Å²) in [6, 6.07) is 3.52. The lowest BCUT2D eigenvalue weighted by Gasteiger charge is -2.17. The third kappa shape index (κ3) is 4.30. The van der Waals surface area contributed by atoms with Crippen molar-refractivity contribution in [2.45, 2.75) is 0 Å². The molecule has 16 heavy (non-hydrogen) atoms. The number of aliphatic hydroxyl groups excluding tert-OH is 1. The van der Waals surface area contributed by atoms with E-state index in [0.29, 0.717) is 18.1 Å². The Kier molecular flexibility index (Phi) is 9.03. The molecule has 94 valence electrons. The Bertz CT molecular complexity index is 313. The maximum atomic E-state index is 8.75. The lowest BCUT2D eigenvalue weighted by Crippen LogP contribution is -2.22. The second-order valence-electron chi connectivity index (χ2n) is 2.91. The molecule has 0 aliphatic carbocycles. The molecule has 7 heteroatoms. The minimum absolute atomic E-state index is 0. The summed E-state index contributed by atoms with van der Waals surface area (Å²) in [5.74, 6) is 1.14. The number of anilines is 2. The molecule has 0 aliphatic rings. The molecular formula is C9H17Cl2N3O2. The molecule has 1 rings (SSSR count). The molecule has 0 bridgehead atoms. The minimum atomic E-state index is 0. The first kappa shape index (κ1) is 17.5. The van der Waals surface area contributed by atoms with Gasteiger partial charge < -0.3 is 20.5 Å². The molecule has 0 aromatic carbocycles. The lowest BCUT2D eigenvalue weighted by atomic mass is 10.4. The van der Waals surface area contributed by atoms with Crippen molar-refractivity contribution in [1.29, 1.82) is 0 Å². The Labute approximate surface area is 107 Å². The van der Waals surface area contributed by atoms with Crippen LogP contribution in [0.3, 0.4) is 0 Å². The van der Waals surface area contributed by atoms with Gasteiger partial charge in [0.2, 0.25) is 5.88 Å². The number of methoxy groups -OCH3 is 1. The summed E-state index contributed by atoms with van der Waals surface area (Å²) in [7, 11) is 3.36. The van der Waals surface area contributed by atoms with Crippen molar-refractivity contribution in [2.24, 2.45) is 0 Å². The van der Waals surface area contributed by atoms with Crippen LogP contribution in [0.4, 0.5) is 11.5 Å². The Morgan fingerprint density at radius 2 is 2.06 bits per heavy atom. The Morgan fingerprint density at radius 3 is 2.56 bits per heavy atom. The van der Waals surface area contributed by atoms with Gasteiger partial charge in [-0.2, -0.15) is 4.98 Å². The fraction of sp³-hybridized carbons (Fsp3) is 0.444. The maximum absolute atomic E-state index is 8.75.